The zero-order chi connectivity index (χ0) is 9.14. The van der Waals surface area contributed by atoms with Crippen LogP contribution in [0.25, 0.3) is 0 Å². The summed E-state index contributed by atoms with van der Waals surface area (Å²) < 4.78 is 1.56. The van der Waals surface area contributed by atoms with Gasteiger partial charge in [-0.1, -0.05) is 0 Å². The van der Waals surface area contributed by atoms with E-state index in [9.17, 15) is 4.79 Å². The topological polar surface area (TPSA) is 34.0 Å². The van der Waals surface area contributed by atoms with Gasteiger partial charge < -0.3 is 9.88 Å². The van der Waals surface area contributed by atoms with E-state index >= 15 is 0 Å². The fourth-order valence-corrected chi connectivity index (χ4v) is 1.000. The minimum atomic E-state index is 0.0367. The molecular weight excluding hydrogens is 152 g/mol. The van der Waals surface area contributed by atoms with Gasteiger partial charge in [0.1, 0.15) is 0 Å². The Bertz CT molecular complexity index is 317. The van der Waals surface area contributed by atoms with Crippen molar-refractivity contribution in [3.8, 4) is 0 Å². The lowest BCUT2D eigenvalue weighted by Gasteiger charge is -2.09. The molecule has 0 amide bonds. The number of rotatable bonds is 2. The summed E-state index contributed by atoms with van der Waals surface area (Å²) in [5, 5.41) is 3.08. The highest BCUT2D eigenvalue weighted by Crippen LogP contribution is 2.07. The fourth-order valence-electron chi connectivity index (χ4n) is 1.000. The predicted octanol–water partition coefficient (Wildman–Crippen LogP) is 0.666. The van der Waals surface area contributed by atoms with Crippen molar-refractivity contribution in [3.63, 3.8) is 0 Å². The van der Waals surface area contributed by atoms with E-state index < -0.39 is 0 Å². The van der Waals surface area contributed by atoms with Crippen molar-refractivity contribution in [3.05, 3.63) is 34.2 Å². The molecule has 1 N–H and O–H groups in total. The molecule has 0 bridgehead atoms. The predicted molar refractivity (Wildman–Crippen MR) is 49.2 cm³/mol. The number of aromatic nitrogens is 1. The molecule has 0 spiro atoms. The Morgan fingerprint density at radius 2 is 2.25 bits per heavy atom. The lowest BCUT2D eigenvalue weighted by Crippen LogP contribution is -2.19. The fraction of sp³-hybridized carbons (Fsp3) is 0.444. The number of nitrogens with one attached hydrogen (secondary N) is 1. The first-order valence-electron chi connectivity index (χ1n) is 3.99. The van der Waals surface area contributed by atoms with Gasteiger partial charge in [-0.3, -0.25) is 4.79 Å². The van der Waals surface area contributed by atoms with Gasteiger partial charge in [-0.15, -0.1) is 0 Å². The van der Waals surface area contributed by atoms with Crippen molar-refractivity contribution in [1.82, 2.24) is 9.88 Å². The lowest BCUT2D eigenvalue weighted by molar-refractivity contribution is 0.647. The molecule has 66 valence electrons. The van der Waals surface area contributed by atoms with Gasteiger partial charge in [0.05, 0.1) is 0 Å². The zero-order valence-electron chi connectivity index (χ0n) is 7.66. The second kappa shape index (κ2) is 3.54. The van der Waals surface area contributed by atoms with Crippen LogP contribution >= 0.6 is 0 Å². The number of hydrogen-bond donors (Lipinski definition) is 1. The van der Waals surface area contributed by atoms with E-state index in [1.54, 1.807) is 23.9 Å². The summed E-state index contributed by atoms with van der Waals surface area (Å²) in [6, 6.07) is 3.84. The lowest BCUT2D eigenvalue weighted by atomic mass is 10.1. The summed E-state index contributed by atoms with van der Waals surface area (Å²) in [6.07, 6.45) is 1.78. The smallest absolute Gasteiger partial charge is 0.250 e. The maximum atomic E-state index is 11.2. The molecule has 0 aliphatic heterocycles. The third-order valence-corrected chi connectivity index (χ3v) is 2.06. The van der Waals surface area contributed by atoms with Gasteiger partial charge in [0.25, 0.3) is 5.56 Å². The molecule has 3 heteroatoms. The Kier molecular flexibility index (Phi) is 2.65. The molecule has 12 heavy (non-hydrogen) atoms. The summed E-state index contributed by atoms with van der Waals surface area (Å²) in [4.78, 5) is 11.2. The van der Waals surface area contributed by atoms with Gasteiger partial charge in [-0.05, 0) is 25.6 Å². The molecule has 0 saturated carbocycles. The van der Waals surface area contributed by atoms with Crippen LogP contribution in [0.2, 0.25) is 0 Å². The van der Waals surface area contributed by atoms with Crippen LogP contribution in [0.15, 0.2) is 23.1 Å². The molecule has 1 aromatic heterocycles. The quantitative estimate of drug-likeness (QED) is 0.700. The third kappa shape index (κ3) is 1.74. The van der Waals surface area contributed by atoms with Crippen molar-refractivity contribution >= 4 is 0 Å². The van der Waals surface area contributed by atoms with Gasteiger partial charge in [-0.25, -0.2) is 0 Å². The molecule has 1 unspecified atom stereocenters. The van der Waals surface area contributed by atoms with Gasteiger partial charge in [-0.2, -0.15) is 0 Å². The Balaban J connectivity index is 3.05. The first-order chi connectivity index (χ1) is 5.65. The number of hydrogen-bond acceptors (Lipinski definition) is 2. The molecular formula is C9H14N2O. The maximum absolute atomic E-state index is 11.2. The average molecular weight is 166 g/mol. The van der Waals surface area contributed by atoms with E-state index in [0.29, 0.717) is 0 Å². The summed E-state index contributed by atoms with van der Waals surface area (Å²) in [7, 11) is 3.62. The number of pyridine rings is 1. The van der Waals surface area contributed by atoms with Gasteiger partial charge >= 0.3 is 0 Å². The molecule has 0 radical (unpaired) electrons. The summed E-state index contributed by atoms with van der Waals surface area (Å²) in [6.45, 7) is 2.02. The SMILES string of the molecule is CNC(C)c1ccn(C)c(=O)c1. The van der Waals surface area contributed by atoms with Crippen LogP contribution in [-0.4, -0.2) is 11.6 Å². The molecule has 1 atom stereocenters. The Labute approximate surface area is 72.0 Å². The van der Waals surface area contributed by atoms with Crippen LogP contribution in [0.5, 0.6) is 0 Å². The molecule has 1 heterocycles. The van der Waals surface area contributed by atoms with Crippen molar-refractivity contribution in [2.45, 2.75) is 13.0 Å². The second-order valence-electron chi connectivity index (χ2n) is 2.92. The van der Waals surface area contributed by atoms with Crippen molar-refractivity contribution in [1.29, 1.82) is 0 Å². The van der Waals surface area contributed by atoms with E-state index in [2.05, 4.69) is 5.32 Å². The Hall–Kier alpha value is -1.09. The van der Waals surface area contributed by atoms with Crippen LogP contribution in [-0.2, 0) is 7.05 Å². The maximum Gasteiger partial charge on any atom is 0.250 e. The van der Waals surface area contributed by atoms with E-state index in [1.807, 2.05) is 20.0 Å². The highest BCUT2D eigenvalue weighted by molar-refractivity contribution is 5.14. The standard InChI is InChI=1S/C9H14N2O/c1-7(10-2)8-4-5-11(3)9(12)6-8/h4-7,10H,1-3H3. The highest BCUT2D eigenvalue weighted by Gasteiger charge is 2.02. The average Bonchev–Trinajstić information content (AvgIpc) is 2.08. The molecule has 1 rings (SSSR count). The van der Waals surface area contributed by atoms with Crippen LogP contribution in [0.4, 0.5) is 0 Å². The van der Waals surface area contributed by atoms with Crippen LogP contribution in [0.3, 0.4) is 0 Å². The molecule has 0 aromatic carbocycles. The van der Waals surface area contributed by atoms with Gasteiger partial charge in [0.15, 0.2) is 0 Å². The molecule has 1 aromatic rings. The van der Waals surface area contributed by atoms with E-state index in [0.717, 1.165) is 5.56 Å². The molecule has 0 fully saturated rings. The van der Waals surface area contributed by atoms with Crippen molar-refractivity contribution < 1.29 is 0 Å². The van der Waals surface area contributed by atoms with Crippen molar-refractivity contribution in [2.75, 3.05) is 7.05 Å². The highest BCUT2D eigenvalue weighted by atomic mass is 16.1. The van der Waals surface area contributed by atoms with Gasteiger partial charge in [0, 0.05) is 25.4 Å². The summed E-state index contributed by atoms with van der Waals surface area (Å²) in [5.74, 6) is 0. The van der Waals surface area contributed by atoms with E-state index in [-0.39, 0.29) is 11.6 Å². The van der Waals surface area contributed by atoms with E-state index in [4.69, 9.17) is 0 Å². The molecule has 0 aliphatic carbocycles. The first-order valence-corrected chi connectivity index (χ1v) is 3.99. The van der Waals surface area contributed by atoms with E-state index in [1.165, 1.54) is 0 Å². The Morgan fingerprint density at radius 3 is 2.75 bits per heavy atom. The second-order valence-corrected chi connectivity index (χ2v) is 2.92. The third-order valence-electron chi connectivity index (χ3n) is 2.06. The number of aryl methyl sites for hydroxylation is 1. The zero-order valence-corrected chi connectivity index (χ0v) is 7.66. The molecule has 0 saturated heterocycles. The monoisotopic (exact) mass is 166 g/mol. The Morgan fingerprint density at radius 1 is 1.58 bits per heavy atom. The number of nitrogens with zero attached hydrogens (tertiary/aromatic N) is 1. The normalized spacial score (nSPS) is 12.9. The summed E-state index contributed by atoms with van der Waals surface area (Å²) >= 11 is 0. The minimum absolute atomic E-state index is 0.0367. The minimum Gasteiger partial charge on any atom is -0.319 e. The molecule has 0 aliphatic rings. The van der Waals surface area contributed by atoms with Crippen LogP contribution < -0.4 is 10.9 Å². The largest absolute Gasteiger partial charge is 0.319 e. The van der Waals surface area contributed by atoms with Gasteiger partial charge in [0.2, 0.25) is 0 Å². The summed E-state index contributed by atoms with van der Waals surface area (Å²) in [5.41, 5.74) is 1.07. The van der Waals surface area contributed by atoms with Crippen molar-refractivity contribution in [2.24, 2.45) is 7.05 Å². The van der Waals surface area contributed by atoms with Crippen LogP contribution in [0.1, 0.15) is 18.5 Å². The van der Waals surface area contributed by atoms with Crippen LogP contribution in [0, 0.1) is 0 Å². The first kappa shape index (κ1) is 9.00. The molecule has 3 nitrogen and oxygen atoms in total.